The van der Waals surface area contributed by atoms with E-state index < -0.39 is 0 Å². The lowest BCUT2D eigenvalue weighted by molar-refractivity contribution is -0.123. The van der Waals surface area contributed by atoms with Crippen LogP contribution >= 0.6 is 0 Å². The van der Waals surface area contributed by atoms with Crippen LogP contribution < -0.4 is 5.73 Å². The average molecular weight is 183 g/mol. The molecule has 0 aromatic carbocycles. The summed E-state index contributed by atoms with van der Waals surface area (Å²) in [6.45, 7) is 8.15. The summed E-state index contributed by atoms with van der Waals surface area (Å²) in [4.78, 5) is 10.9. The van der Waals surface area contributed by atoms with E-state index in [-0.39, 0.29) is 11.8 Å². The van der Waals surface area contributed by atoms with Crippen molar-refractivity contribution in [2.45, 2.75) is 34.1 Å². The van der Waals surface area contributed by atoms with E-state index in [0.717, 1.165) is 6.42 Å². The van der Waals surface area contributed by atoms with Crippen LogP contribution in [0, 0.1) is 17.8 Å². The molecule has 2 heteroatoms. The number of rotatable bonds is 5. The van der Waals surface area contributed by atoms with Crippen molar-refractivity contribution in [3.05, 3.63) is 12.2 Å². The fourth-order valence-corrected chi connectivity index (χ4v) is 1.32. The van der Waals surface area contributed by atoms with Gasteiger partial charge in [0, 0.05) is 5.92 Å². The number of hydrogen-bond donors (Lipinski definition) is 1. The molecule has 1 amide bonds. The Kier molecular flexibility index (Phi) is 5.44. The van der Waals surface area contributed by atoms with Crippen molar-refractivity contribution in [3.63, 3.8) is 0 Å². The normalized spacial score (nSPS) is 18.5. The van der Waals surface area contributed by atoms with E-state index in [9.17, 15) is 4.79 Å². The first-order valence-electron chi connectivity index (χ1n) is 4.91. The van der Waals surface area contributed by atoms with E-state index in [4.69, 9.17) is 5.73 Å². The average Bonchev–Trinajstić information content (AvgIpc) is 2.11. The molecule has 0 aromatic heterocycles. The minimum atomic E-state index is -0.195. The fourth-order valence-electron chi connectivity index (χ4n) is 1.32. The van der Waals surface area contributed by atoms with Gasteiger partial charge < -0.3 is 5.73 Å². The van der Waals surface area contributed by atoms with Gasteiger partial charge in [-0.3, -0.25) is 4.79 Å². The van der Waals surface area contributed by atoms with Gasteiger partial charge in [0.2, 0.25) is 5.91 Å². The third-order valence-corrected chi connectivity index (χ3v) is 2.88. The highest BCUT2D eigenvalue weighted by Crippen LogP contribution is 2.23. The first-order chi connectivity index (χ1) is 6.00. The Bertz CT molecular complexity index is 187. The smallest absolute Gasteiger partial charge is 0.220 e. The largest absolute Gasteiger partial charge is 0.369 e. The van der Waals surface area contributed by atoms with E-state index in [1.807, 2.05) is 19.9 Å². The van der Waals surface area contributed by atoms with Crippen molar-refractivity contribution < 1.29 is 4.79 Å². The minimum absolute atomic E-state index is 0.0275. The van der Waals surface area contributed by atoms with Crippen molar-refractivity contribution in [2.24, 2.45) is 23.5 Å². The van der Waals surface area contributed by atoms with Gasteiger partial charge >= 0.3 is 0 Å². The molecule has 0 fully saturated rings. The lowest BCUT2D eigenvalue weighted by atomic mass is 9.83. The maximum atomic E-state index is 10.9. The van der Waals surface area contributed by atoms with Crippen molar-refractivity contribution in [2.75, 3.05) is 0 Å². The van der Waals surface area contributed by atoms with Crippen LogP contribution in [0.15, 0.2) is 12.2 Å². The standard InChI is InChI=1S/C11H21NO/c1-5-6-7-8(2)9(3)10(4)11(12)13/h5-6,8-10H,7H2,1-4H3,(H2,12,13)/b6-5+/t8-,9-,10+/m1/s1. The molecule has 0 aliphatic heterocycles. The molecule has 0 unspecified atom stereocenters. The minimum Gasteiger partial charge on any atom is -0.369 e. The molecule has 0 aromatic rings. The number of carbonyl (C=O) groups is 1. The van der Waals surface area contributed by atoms with Gasteiger partial charge in [-0.2, -0.15) is 0 Å². The van der Waals surface area contributed by atoms with Crippen molar-refractivity contribution in [3.8, 4) is 0 Å². The molecule has 0 saturated heterocycles. The van der Waals surface area contributed by atoms with Crippen LogP contribution in [-0.2, 0) is 4.79 Å². The van der Waals surface area contributed by atoms with Gasteiger partial charge in [0.1, 0.15) is 0 Å². The Hall–Kier alpha value is -0.790. The zero-order chi connectivity index (χ0) is 10.4. The third-order valence-electron chi connectivity index (χ3n) is 2.88. The van der Waals surface area contributed by atoms with Crippen molar-refractivity contribution >= 4 is 5.91 Å². The van der Waals surface area contributed by atoms with Crippen LogP contribution in [0.4, 0.5) is 0 Å². The van der Waals surface area contributed by atoms with Gasteiger partial charge in [-0.05, 0) is 25.2 Å². The van der Waals surface area contributed by atoms with Crippen molar-refractivity contribution in [1.29, 1.82) is 0 Å². The molecule has 3 atom stereocenters. The van der Waals surface area contributed by atoms with Gasteiger partial charge in [-0.25, -0.2) is 0 Å². The molecule has 0 heterocycles. The van der Waals surface area contributed by atoms with E-state index in [0.29, 0.717) is 11.8 Å². The third kappa shape index (κ3) is 4.11. The summed E-state index contributed by atoms with van der Waals surface area (Å²) < 4.78 is 0. The van der Waals surface area contributed by atoms with Crippen LogP contribution in [0.1, 0.15) is 34.1 Å². The van der Waals surface area contributed by atoms with Gasteiger partial charge in [-0.15, -0.1) is 0 Å². The SMILES string of the molecule is C/C=C/C[C@@H](C)[C@@H](C)[C@H](C)C(N)=O. The molecule has 2 N–H and O–H groups in total. The second kappa shape index (κ2) is 5.79. The highest BCUT2D eigenvalue weighted by Gasteiger charge is 2.21. The molecular weight excluding hydrogens is 162 g/mol. The Labute approximate surface area is 81.2 Å². The predicted molar refractivity (Wildman–Crippen MR) is 56.1 cm³/mol. The quantitative estimate of drug-likeness (QED) is 0.653. The van der Waals surface area contributed by atoms with E-state index in [1.165, 1.54) is 0 Å². The van der Waals surface area contributed by atoms with Crippen LogP contribution in [0.2, 0.25) is 0 Å². The maximum Gasteiger partial charge on any atom is 0.220 e. The first-order valence-corrected chi connectivity index (χ1v) is 4.91. The van der Waals surface area contributed by atoms with Crippen LogP contribution in [-0.4, -0.2) is 5.91 Å². The number of amides is 1. The molecule has 2 nitrogen and oxygen atoms in total. The lowest BCUT2D eigenvalue weighted by Gasteiger charge is -2.22. The molecule has 0 aliphatic carbocycles. The monoisotopic (exact) mass is 183 g/mol. The summed E-state index contributed by atoms with van der Waals surface area (Å²) in [6, 6.07) is 0. The summed E-state index contributed by atoms with van der Waals surface area (Å²) in [7, 11) is 0. The van der Waals surface area contributed by atoms with E-state index >= 15 is 0 Å². The second-order valence-corrected chi connectivity index (χ2v) is 3.83. The molecule has 0 aliphatic rings. The second-order valence-electron chi connectivity index (χ2n) is 3.83. The highest BCUT2D eigenvalue weighted by atomic mass is 16.1. The molecule has 0 bridgehead atoms. The predicted octanol–water partition coefficient (Wildman–Crippen LogP) is 2.35. The fraction of sp³-hybridized carbons (Fsp3) is 0.727. The maximum absolute atomic E-state index is 10.9. The molecule has 0 saturated carbocycles. The summed E-state index contributed by atoms with van der Waals surface area (Å²) >= 11 is 0. The van der Waals surface area contributed by atoms with Crippen molar-refractivity contribution in [1.82, 2.24) is 0 Å². The first kappa shape index (κ1) is 12.2. The van der Waals surface area contributed by atoms with Gasteiger partial charge in [-0.1, -0.05) is 32.9 Å². The highest BCUT2D eigenvalue weighted by molar-refractivity contribution is 5.76. The molecule has 0 rings (SSSR count). The summed E-state index contributed by atoms with van der Waals surface area (Å²) in [5.41, 5.74) is 5.25. The molecule has 76 valence electrons. The van der Waals surface area contributed by atoms with Crippen LogP contribution in [0.25, 0.3) is 0 Å². The topological polar surface area (TPSA) is 43.1 Å². The Morgan fingerprint density at radius 3 is 2.31 bits per heavy atom. The van der Waals surface area contributed by atoms with Gasteiger partial charge in [0.15, 0.2) is 0 Å². The lowest BCUT2D eigenvalue weighted by Crippen LogP contribution is -2.29. The van der Waals surface area contributed by atoms with Gasteiger partial charge in [0.05, 0.1) is 0 Å². The number of nitrogens with two attached hydrogens (primary N) is 1. The number of hydrogen-bond acceptors (Lipinski definition) is 1. The van der Waals surface area contributed by atoms with E-state index in [2.05, 4.69) is 19.9 Å². The number of carbonyl (C=O) groups excluding carboxylic acids is 1. The summed E-state index contributed by atoms with van der Waals surface area (Å²) in [5.74, 6) is 0.646. The zero-order valence-corrected chi connectivity index (χ0v) is 9.08. The Morgan fingerprint density at radius 2 is 1.92 bits per heavy atom. The van der Waals surface area contributed by atoms with Gasteiger partial charge in [0.25, 0.3) is 0 Å². The Balaban J connectivity index is 4.08. The van der Waals surface area contributed by atoms with Crippen LogP contribution in [0.5, 0.6) is 0 Å². The molecule has 0 radical (unpaired) electrons. The molecular formula is C11H21NO. The zero-order valence-electron chi connectivity index (χ0n) is 9.08. The molecule has 0 spiro atoms. The number of allylic oxidation sites excluding steroid dienone is 2. The van der Waals surface area contributed by atoms with Crippen LogP contribution in [0.3, 0.4) is 0 Å². The summed E-state index contributed by atoms with van der Waals surface area (Å²) in [5, 5.41) is 0. The number of primary amides is 1. The summed E-state index contributed by atoms with van der Waals surface area (Å²) in [6.07, 6.45) is 5.20. The van der Waals surface area contributed by atoms with E-state index in [1.54, 1.807) is 0 Å². The Morgan fingerprint density at radius 1 is 1.38 bits per heavy atom. The molecule has 13 heavy (non-hydrogen) atoms.